The van der Waals surface area contributed by atoms with E-state index in [1.54, 1.807) is 0 Å². The van der Waals surface area contributed by atoms with Crippen LogP contribution in [0.1, 0.15) is 0 Å². The van der Waals surface area contributed by atoms with Crippen LogP contribution in [-0.4, -0.2) is 54.4 Å². The van der Waals surface area contributed by atoms with Crippen LogP contribution in [0.15, 0.2) is 0 Å². The number of rotatable bonds is 1. The summed E-state index contributed by atoms with van der Waals surface area (Å²) in [4.78, 5) is 4.69. The fourth-order valence-corrected chi connectivity index (χ4v) is 1.91. The van der Waals surface area contributed by atoms with Crippen molar-refractivity contribution in [1.82, 2.24) is 9.80 Å². The van der Waals surface area contributed by atoms with Gasteiger partial charge in [-0.25, -0.2) is 0 Å². The van der Waals surface area contributed by atoms with Gasteiger partial charge in [0.1, 0.15) is 5.84 Å². The van der Waals surface area contributed by atoms with Crippen molar-refractivity contribution in [3.05, 3.63) is 0 Å². The summed E-state index contributed by atoms with van der Waals surface area (Å²) in [5.41, 5.74) is 5.47. The lowest BCUT2D eigenvalue weighted by Crippen LogP contribution is -2.64. The third-order valence-electron chi connectivity index (χ3n) is 2.64. The maximum Gasteiger partial charge on any atom is 0.110 e. The molecular weight excluding hydrogens is 140 g/mol. The van der Waals surface area contributed by atoms with Crippen LogP contribution in [0.3, 0.4) is 0 Å². The van der Waals surface area contributed by atoms with Gasteiger partial charge in [0.2, 0.25) is 0 Å². The van der Waals surface area contributed by atoms with Gasteiger partial charge in [0, 0.05) is 32.7 Å². The predicted molar refractivity (Wildman–Crippen MR) is 43.7 cm³/mol. The van der Waals surface area contributed by atoms with Gasteiger partial charge in [0.05, 0.1) is 6.04 Å². The largest absolute Gasteiger partial charge is 0.386 e. The van der Waals surface area contributed by atoms with Gasteiger partial charge < -0.3 is 5.73 Å². The van der Waals surface area contributed by atoms with Crippen molar-refractivity contribution in [3.63, 3.8) is 0 Å². The predicted octanol–water partition coefficient (Wildman–Crippen LogP) is -1.08. The molecule has 3 aliphatic rings. The van der Waals surface area contributed by atoms with Crippen molar-refractivity contribution >= 4 is 5.84 Å². The minimum absolute atomic E-state index is 0.206. The SMILES string of the molecule is N=C(N)C1CN2CCN1CC2. The van der Waals surface area contributed by atoms with Crippen molar-refractivity contribution < 1.29 is 0 Å². The Labute approximate surface area is 66.5 Å². The van der Waals surface area contributed by atoms with E-state index < -0.39 is 0 Å². The summed E-state index contributed by atoms with van der Waals surface area (Å²) >= 11 is 0. The molecular formula is C7H14N4. The molecule has 3 heterocycles. The zero-order valence-corrected chi connectivity index (χ0v) is 6.58. The fraction of sp³-hybridized carbons (Fsp3) is 0.857. The smallest absolute Gasteiger partial charge is 0.110 e. The molecule has 3 aliphatic heterocycles. The first kappa shape index (κ1) is 7.06. The lowest BCUT2D eigenvalue weighted by molar-refractivity contribution is 0.0402. The van der Waals surface area contributed by atoms with Crippen LogP contribution >= 0.6 is 0 Å². The van der Waals surface area contributed by atoms with Crippen molar-refractivity contribution in [3.8, 4) is 0 Å². The van der Waals surface area contributed by atoms with Gasteiger partial charge >= 0.3 is 0 Å². The van der Waals surface area contributed by atoms with Gasteiger partial charge in [-0.2, -0.15) is 0 Å². The molecule has 0 aromatic heterocycles. The molecule has 1 atom stereocenters. The standard InChI is InChI=1S/C7H14N4/c8-7(9)6-5-10-1-3-11(6)4-2-10/h6H,1-5H2,(H3,8,9). The van der Waals surface area contributed by atoms with E-state index in [1.807, 2.05) is 0 Å². The molecule has 0 spiro atoms. The molecule has 0 radical (unpaired) electrons. The zero-order valence-electron chi connectivity index (χ0n) is 6.58. The Morgan fingerprint density at radius 2 is 1.91 bits per heavy atom. The van der Waals surface area contributed by atoms with Gasteiger partial charge in [-0.1, -0.05) is 0 Å². The Kier molecular flexibility index (Phi) is 1.58. The molecule has 62 valence electrons. The van der Waals surface area contributed by atoms with Crippen LogP contribution in [0.2, 0.25) is 0 Å². The van der Waals surface area contributed by atoms with Crippen molar-refractivity contribution in [2.24, 2.45) is 5.73 Å². The van der Waals surface area contributed by atoms with Gasteiger partial charge in [-0.05, 0) is 0 Å². The molecule has 4 nitrogen and oxygen atoms in total. The number of hydrogen-bond donors (Lipinski definition) is 2. The Bertz CT molecular complexity index is 171. The maximum atomic E-state index is 7.35. The number of nitrogens with one attached hydrogen (secondary N) is 1. The van der Waals surface area contributed by atoms with Gasteiger partial charge in [0.25, 0.3) is 0 Å². The number of amidine groups is 1. The van der Waals surface area contributed by atoms with Crippen LogP contribution in [0.25, 0.3) is 0 Å². The molecule has 0 aromatic carbocycles. The summed E-state index contributed by atoms with van der Waals surface area (Å²) in [5, 5.41) is 7.35. The minimum atomic E-state index is 0.206. The second-order valence-corrected chi connectivity index (χ2v) is 3.31. The van der Waals surface area contributed by atoms with E-state index in [4.69, 9.17) is 11.1 Å². The molecule has 2 bridgehead atoms. The Morgan fingerprint density at radius 3 is 2.18 bits per heavy atom. The molecule has 0 amide bonds. The molecule has 0 aromatic rings. The summed E-state index contributed by atoms with van der Waals surface area (Å²) in [6, 6.07) is 0.206. The normalized spacial score (nSPS) is 42.4. The molecule has 4 heteroatoms. The van der Waals surface area contributed by atoms with E-state index in [0.29, 0.717) is 5.84 Å². The Hall–Kier alpha value is -0.610. The van der Waals surface area contributed by atoms with Crippen LogP contribution < -0.4 is 5.73 Å². The third kappa shape index (κ3) is 1.12. The summed E-state index contributed by atoms with van der Waals surface area (Å²) in [6.07, 6.45) is 0. The first-order chi connectivity index (χ1) is 5.27. The van der Waals surface area contributed by atoms with Crippen LogP contribution in [0.5, 0.6) is 0 Å². The highest BCUT2D eigenvalue weighted by molar-refractivity contribution is 5.83. The molecule has 3 saturated heterocycles. The highest BCUT2D eigenvalue weighted by Crippen LogP contribution is 2.14. The highest BCUT2D eigenvalue weighted by Gasteiger charge is 2.33. The second kappa shape index (κ2) is 2.46. The van der Waals surface area contributed by atoms with Crippen molar-refractivity contribution in [2.75, 3.05) is 32.7 Å². The van der Waals surface area contributed by atoms with E-state index in [-0.39, 0.29) is 6.04 Å². The molecule has 1 unspecified atom stereocenters. The number of hydrogen-bond acceptors (Lipinski definition) is 3. The lowest BCUT2D eigenvalue weighted by Gasteiger charge is -2.46. The van der Waals surface area contributed by atoms with E-state index in [9.17, 15) is 0 Å². The topological polar surface area (TPSA) is 56.4 Å². The van der Waals surface area contributed by atoms with Crippen molar-refractivity contribution in [2.45, 2.75) is 6.04 Å². The first-order valence-corrected chi connectivity index (χ1v) is 4.07. The van der Waals surface area contributed by atoms with Crippen molar-refractivity contribution in [1.29, 1.82) is 5.41 Å². The molecule has 3 N–H and O–H groups in total. The number of nitrogens with zero attached hydrogens (tertiary/aromatic N) is 2. The fourth-order valence-electron chi connectivity index (χ4n) is 1.91. The molecule has 0 saturated carbocycles. The third-order valence-corrected chi connectivity index (χ3v) is 2.64. The number of nitrogens with two attached hydrogens (primary N) is 1. The Balaban J connectivity index is 2.08. The monoisotopic (exact) mass is 154 g/mol. The van der Waals surface area contributed by atoms with Crippen LogP contribution in [0, 0.1) is 5.41 Å². The van der Waals surface area contributed by atoms with Gasteiger partial charge in [0.15, 0.2) is 0 Å². The van der Waals surface area contributed by atoms with Crippen LogP contribution in [0.4, 0.5) is 0 Å². The highest BCUT2D eigenvalue weighted by atomic mass is 15.3. The molecule has 3 fully saturated rings. The number of fused-ring (bicyclic) bond motifs is 3. The molecule has 0 aliphatic carbocycles. The van der Waals surface area contributed by atoms with Gasteiger partial charge in [-0.3, -0.25) is 15.2 Å². The van der Waals surface area contributed by atoms with E-state index in [1.165, 1.54) is 0 Å². The van der Waals surface area contributed by atoms with Gasteiger partial charge in [-0.15, -0.1) is 0 Å². The van der Waals surface area contributed by atoms with E-state index in [0.717, 1.165) is 32.7 Å². The number of piperazine rings is 3. The van der Waals surface area contributed by atoms with E-state index >= 15 is 0 Å². The average molecular weight is 154 g/mol. The Morgan fingerprint density at radius 1 is 1.27 bits per heavy atom. The second-order valence-electron chi connectivity index (χ2n) is 3.31. The summed E-state index contributed by atoms with van der Waals surface area (Å²) in [5.74, 6) is 0.328. The lowest BCUT2D eigenvalue weighted by atomic mass is 10.1. The molecule has 11 heavy (non-hydrogen) atoms. The quantitative estimate of drug-likeness (QED) is 0.373. The first-order valence-electron chi connectivity index (χ1n) is 4.07. The summed E-state index contributed by atoms with van der Waals surface area (Å²) in [7, 11) is 0. The summed E-state index contributed by atoms with van der Waals surface area (Å²) in [6.45, 7) is 5.46. The van der Waals surface area contributed by atoms with E-state index in [2.05, 4.69) is 9.80 Å². The minimum Gasteiger partial charge on any atom is -0.386 e. The maximum absolute atomic E-state index is 7.35. The summed E-state index contributed by atoms with van der Waals surface area (Å²) < 4.78 is 0. The van der Waals surface area contributed by atoms with Crippen LogP contribution in [-0.2, 0) is 0 Å². The molecule has 3 rings (SSSR count). The average Bonchev–Trinajstić information content (AvgIpc) is 2.06. The zero-order chi connectivity index (χ0) is 7.84.